The fraction of sp³-hybridized carbons (Fsp3) is 0. The van der Waals surface area contributed by atoms with Crippen LogP contribution in [0.1, 0.15) is 0 Å². The van der Waals surface area contributed by atoms with E-state index in [2.05, 4.69) is 210 Å². The van der Waals surface area contributed by atoms with Crippen molar-refractivity contribution in [3.63, 3.8) is 0 Å². The average molecular weight is 781 g/mol. The third-order valence-electron chi connectivity index (χ3n) is 12.4. The second-order valence-electron chi connectivity index (χ2n) is 15.9. The quantitative estimate of drug-likeness (QED) is 0.146. The number of benzene rings is 11. The van der Waals surface area contributed by atoms with Crippen LogP contribution in [0.5, 0.6) is 0 Å². The Balaban J connectivity index is 0.989. The van der Waals surface area contributed by atoms with Gasteiger partial charge in [0.2, 0.25) is 0 Å². The van der Waals surface area contributed by atoms with Crippen LogP contribution >= 0.6 is 0 Å². The standard InChI is InChI=1S/C58H37FN2/c59-47-24-32-51(33-25-47)61-54-36-45(23-34-52(54)58-53-35-22-44-13-7-12-43-14-15-46(37-55(58)61)57(53)56(43)44)42-20-30-50(31-21-42)60(48-26-16-40(17-27-48)38-8-3-1-4-9-38)49-28-18-41(19-29-49)39-10-5-2-6-11-39/h1-37H. The molecule has 0 bridgehead atoms. The summed E-state index contributed by atoms with van der Waals surface area (Å²) in [6.45, 7) is 0. The number of nitrogens with zero attached hydrogens (tertiary/aromatic N) is 2. The van der Waals surface area contributed by atoms with Crippen LogP contribution in [-0.2, 0) is 0 Å². The summed E-state index contributed by atoms with van der Waals surface area (Å²) in [4.78, 5) is 2.32. The zero-order valence-electron chi connectivity index (χ0n) is 33.1. The van der Waals surface area contributed by atoms with Crippen molar-refractivity contribution in [1.82, 2.24) is 4.57 Å². The van der Waals surface area contributed by atoms with E-state index in [1.165, 1.54) is 65.3 Å². The minimum atomic E-state index is -0.249. The van der Waals surface area contributed by atoms with Gasteiger partial charge in [0.1, 0.15) is 5.82 Å². The average Bonchev–Trinajstić information content (AvgIpc) is 3.65. The van der Waals surface area contributed by atoms with E-state index in [9.17, 15) is 4.39 Å². The molecule has 0 radical (unpaired) electrons. The third kappa shape index (κ3) is 5.85. The molecule has 2 nitrogen and oxygen atoms in total. The summed E-state index contributed by atoms with van der Waals surface area (Å²) in [5.41, 5.74) is 13.3. The van der Waals surface area contributed by atoms with E-state index in [1.807, 2.05) is 12.1 Å². The van der Waals surface area contributed by atoms with Gasteiger partial charge in [-0.2, -0.15) is 0 Å². The summed E-state index contributed by atoms with van der Waals surface area (Å²) in [6.07, 6.45) is 0. The second-order valence-corrected chi connectivity index (χ2v) is 15.9. The van der Waals surface area contributed by atoms with Crippen molar-refractivity contribution in [3.8, 4) is 39.1 Å². The maximum atomic E-state index is 14.4. The molecule has 3 heteroatoms. The fourth-order valence-corrected chi connectivity index (χ4v) is 9.48. The summed E-state index contributed by atoms with van der Waals surface area (Å²) < 4.78 is 16.7. The zero-order valence-corrected chi connectivity index (χ0v) is 33.1. The smallest absolute Gasteiger partial charge is 0.123 e. The predicted molar refractivity (Wildman–Crippen MR) is 255 cm³/mol. The molecule has 0 amide bonds. The second kappa shape index (κ2) is 14.1. The largest absolute Gasteiger partial charge is 0.311 e. The SMILES string of the molecule is Fc1ccc(-n2c3cc(-c4ccc(N(c5ccc(-c6ccccc6)cc5)c5ccc(-c6ccccc6)cc5)cc4)ccc3c3c4ccc5cccc6ccc(cc32)c4c65)cc1. The number of fused-ring (bicyclic) bond motifs is 4. The minimum absolute atomic E-state index is 0.249. The molecule has 0 aliphatic carbocycles. The highest BCUT2D eigenvalue weighted by atomic mass is 19.1. The van der Waals surface area contributed by atoms with E-state index < -0.39 is 0 Å². The Morgan fingerprint density at radius 2 is 0.787 bits per heavy atom. The van der Waals surface area contributed by atoms with Gasteiger partial charge in [0, 0.05) is 33.5 Å². The van der Waals surface area contributed by atoms with Crippen molar-refractivity contribution >= 4 is 71.2 Å². The lowest BCUT2D eigenvalue weighted by Crippen LogP contribution is -2.09. The molecule has 0 aliphatic heterocycles. The third-order valence-corrected chi connectivity index (χ3v) is 12.4. The monoisotopic (exact) mass is 780 g/mol. The number of hydrogen-bond donors (Lipinski definition) is 0. The number of rotatable bonds is 7. The molecule has 1 heterocycles. The molecular formula is C58H37FN2. The van der Waals surface area contributed by atoms with Gasteiger partial charge >= 0.3 is 0 Å². The van der Waals surface area contributed by atoms with E-state index in [0.29, 0.717) is 0 Å². The van der Waals surface area contributed by atoms with Gasteiger partial charge in [-0.05, 0) is 138 Å². The minimum Gasteiger partial charge on any atom is -0.311 e. The van der Waals surface area contributed by atoms with Gasteiger partial charge in [-0.1, -0.05) is 152 Å². The Bertz CT molecular complexity index is 3440. The molecular weight excluding hydrogens is 744 g/mol. The molecule has 12 rings (SSSR count). The van der Waals surface area contributed by atoms with Crippen LogP contribution in [-0.4, -0.2) is 4.57 Å². The van der Waals surface area contributed by atoms with E-state index in [-0.39, 0.29) is 5.82 Å². The van der Waals surface area contributed by atoms with Gasteiger partial charge in [-0.25, -0.2) is 4.39 Å². The van der Waals surface area contributed by atoms with Crippen LogP contribution in [0.25, 0.3) is 93.2 Å². The van der Waals surface area contributed by atoms with Crippen molar-refractivity contribution in [2.45, 2.75) is 0 Å². The van der Waals surface area contributed by atoms with Gasteiger partial charge < -0.3 is 9.47 Å². The molecule has 12 aromatic rings. The van der Waals surface area contributed by atoms with E-state index >= 15 is 0 Å². The summed E-state index contributed by atoms with van der Waals surface area (Å²) in [5, 5.41) is 9.88. The molecule has 0 saturated heterocycles. The van der Waals surface area contributed by atoms with Gasteiger partial charge in [-0.3, -0.25) is 0 Å². The van der Waals surface area contributed by atoms with Gasteiger partial charge in [0.05, 0.1) is 11.0 Å². The maximum Gasteiger partial charge on any atom is 0.123 e. The molecule has 0 aliphatic rings. The van der Waals surface area contributed by atoms with Crippen molar-refractivity contribution in [3.05, 3.63) is 230 Å². The lowest BCUT2D eigenvalue weighted by Gasteiger charge is -2.26. The lowest BCUT2D eigenvalue weighted by atomic mass is 9.92. The van der Waals surface area contributed by atoms with Crippen LogP contribution < -0.4 is 4.90 Å². The first-order valence-electron chi connectivity index (χ1n) is 20.8. The van der Waals surface area contributed by atoms with Crippen LogP contribution in [0.4, 0.5) is 21.5 Å². The Kier molecular flexibility index (Phi) is 8.07. The number of halogens is 1. The fourth-order valence-electron chi connectivity index (χ4n) is 9.48. The Hall–Kier alpha value is -8.01. The number of anilines is 3. The van der Waals surface area contributed by atoms with Gasteiger partial charge in [0.15, 0.2) is 0 Å². The maximum absolute atomic E-state index is 14.4. The van der Waals surface area contributed by atoms with Crippen LogP contribution in [0.15, 0.2) is 224 Å². The molecule has 0 atom stereocenters. The van der Waals surface area contributed by atoms with Crippen LogP contribution in [0.2, 0.25) is 0 Å². The molecule has 0 fully saturated rings. The van der Waals surface area contributed by atoms with Gasteiger partial charge in [0.25, 0.3) is 0 Å². The Morgan fingerprint density at radius 1 is 0.311 bits per heavy atom. The zero-order chi connectivity index (χ0) is 40.4. The molecule has 286 valence electrons. The van der Waals surface area contributed by atoms with E-state index in [1.54, 1.807) is 12.1 Å². The van der Waals surface area contributed by atoms with E-state index in [4.69, 9.17) is 0 Å². The molecule has 0 N–H and O–H groups in total. The summed E-state index contributed by atoms with van der Waals surface area (Å²) in [5.74, 6) is -0.249. The number of hydrogen-bond acceptors (Lipinski definition) is 1. The highest BCUT2D eigenvalue weighted by molar-refractivity contribution is 6.33. The number of aromatic nitrogens is 1. The lowest BCUT2D eigenvalue weighted by molar-refractivity contribution is 0.627. The summed E-state index contributed by atoms with van der Waals surface area (Å²) >= 11 is 0. The molecule has 61 heavy (non-hydrogen) atoms. The molecule has 0 unspecified atom stereocenters. The first kappa shape index (κ1) is 35.0. The van der Waals surface area contributed by atoms with Gasteiger partial charge in [-0.15, -0.1) is 0 Å². The first-order chi connectivity index (χ1) is 30.1. The highest BCUT2D eigenvalue weighted by Crippen LogP contribution is 2.44. The molecule has 0 spiro atoms. The highest BCUT2D eigenvalue weighted by Gasteiger charge is 2.20. The Labute approximate surface area is 353 Å². The van der Waals surface area contributed by atoms with Crippen LogP contribution in [0.3, 0.4) is 0 Å². The summed E-state index contributed by atoms with van der Waals surface area (Å²) in [6, 6.07) is 79.1. The molecule has 0 saturated carbocycles. The molecule has 1 aromatic heterocycles. The molecule has 11 aromatic carbocycles. The van der Waals surface area contributed by atoms with Crippen molar-refractivity contribution in [2.75, 3.05) is 4.90 Å². The first-order valence-corrected chi connectivity index (χ1v) is 20.8. The normalized spacial score (nSPS) is 11.7. The van der Waals surface area contributed by atoms with Crippen molar-refractivity contribution < 1.29 is 4.39 Å². The van der Waals surface area contributed by atoms with Crippen LogP contribution in [0, 0.1) is 5.82 Å². The predicted octanol–water partition coefficient (Wildman–Crippen LogP) is 16.3. The van der Waals surface area contributed by atoms with Crippen molar-refractivity contribution in [1.29, 1.82) is 0 Å². The summed E-state index contributed by atoms with van der Waals surface area (Å²) in [7, 11) is 0. The van der Waals surface area contributed by atoms with Crippen molar-refractivity contribution in [2.24, 2.45) is 0 Å². The topological polar surface area (TPSA) is 8.17 Å². The Morgan fingerprint density at radius 3 is 1.36 bits per heavy atom. The van der Waals surface area contributed by atoms with E-state index in [0.717, 1.165) is 44.9 Å².